The van der Waals surface area contributed by atoms with Crippen molar-refractivity contribution in [3.05, 3.63) is 5.69 Å². The van der Waals surface area contributed by atoms with E-state index in [4.69, 9.17) is 29.0 Å². The van der Waals surface area contributed by atoms with Crippen molar-refractivity contribution >= 4 is 22.2 Å². The van der Waals surface area contributed by atoms with Gasteiger partial charge in [-0.2, -0.15) is 13.4 Å². The molecular formula is C6H12N4O5S. The summed E-state index contributed by atoms with van der Waals surface area (Å²) in [7, 11) is -4.67. The standard InChI is InChI=1S/C6H10N4O.H2O4S/c1-2-3-4(11)5(7)10-6(8)9-3;1-5(2,3)4/h11H,2H2,1H3,(H4,7,8,9,10);(H2,1,2,3,4). The van der Waals surface area contributed by atoms with Crippen molar-refractivity contribution < 1.29 is 22.6 Å². The van der Waals surface area contributed by atoms with E-state index in [9.17, 15) is 5.11 Å². The number of rotatable bonds is 1. The summed E-state index contributed by atoms with van der Waals surface area (Å²) in [6.45, 7) is 1.85. The van der Waals surface area contributed by atoms with Crippen LogP contribution in [0, 0.1) is 0 Å². The maximum atomic E-state index is 9.22. The molecule has 0 aliphatic carbocycles. The molecule has 1 aromatic rings. The van der Waals surface area contributed by atoms with Crippen LogP contribution in [-0.4, -0.2) is 32.6 Å². The Morgan fingerprint density at radius 2 is 1.69 bits per heavy atom. The second-order valence-electron chi connectivity index (χ2n) is 2.56. The van der Waals surface area contributed by atoms with E-state index >= 15 is 0 Å². The third-order valence-electron chi connectivity index (χ3n) is 1.34. The van der Waals surface area contributed by atoms with Crippen molar-refractivity contribution in [3.8, 4) is 5.75 Å². The Labute approximate surface area is 91.7 Å². The van der Waals surface area contributed by atoms with Crippen LogP contribution in [0.15, 0.2) is 0 Å². The minimum absolute atomic E-state index is 0.0364. The highest BCUT2D eigenvalue weighted by molar-refractivity contribution is 7.79. The molecule has 0 amide bonds. The highest BCUT2D eigenvalue weighted by atomic mass is 32.3. The molecule has 7 N–H and O–H groups in total. The number of nitrogens with two attached hydrogens (primary N) is 2. The fraction of sp³-hybridized carbons (Fsp3) is 0.333. The van der Waals surface area contributed by atoms with Gasteiger partial charge < -0.3 is 16.6 Å². The Kier molecular flexibility index (Phi) is 4.88. The highest BCUT2D eigenvalue weighted by Crippen LogP contribution is 2.21. The van der Waals surface area contributed by atoms with Gasteiger partial charge in [-0.25, -0.2) is 4.98 Å². The van der Waals surface area contributed by atoms with Crippen LogP contribution in [0.2, 0.25) is 0 Å². The number of aromatic hydroxyl groups is 1. The summed E-state index contributed by atoms with van der Waals surface area (Å²) in [5.74, 6) is 0.0631. The SMILES string of the molecule is CCc1nc(N)nc(N)c1O.O=S(=O)(O)O. The predicted molar refractivity (Wildman–Crippen MR) is 56.1 cm³/mol. The lowest BCUT2D eigenvalue weighted by atomic mass is 10.3. The molecule has 0 atom stereocenters. The number of hydrogen-bond acceptors (Lipinski definition) is 7. The van der Waals surface area contributed by atoms with E-state index in [1.54, 1.807) is 0 Å². The van der Waals surface area contributed by atoms with E-state index in [0.29, 0.717) is 12.1 Å². The highest BCUT2D eigenvalue weighted by Gasteiger charge is 2.06. The van der Waals surface area contributed by atoms with Crippen LogP contribution in [0.25, 0.3) is 0 Å². The van der Waals surface area contributed by atoms with Gasteiger partial charge in [0.15, 0.2) is 11.6 Å². The number of nitrogen functional groups attached to an aromatic ring is 2. The first kappa shape index (κ1) is 14.3. The van der Waals surface area contributed by atoms with E-state index in [-0.39, 0.29) is 17.5 Å². The predicted octanol–water partition coefficient (Wildman–Crippen LogP) is -0.744. The van der Waals surface area contributed by atoms with Crippen molar-refractivity contribution in [2.24, 2.45) is 0 Å². The molecule has 1 heterocycles. The van der Waals surface area contributed by atoms with Crippen molar-refractivity contribution in [2.75, 3.05) is 11.5 Å². The molecule has 0 radical (unpaired) electrons. The summed E-state index contributed by atoms with van der Waals surface area (Å²) in [6, 6.07) is 0. The molecule has 0 spiro atoms. The smallest absolute Gasteiger partial charge is 0.394 e. The van der Waals surface area contributed by atoms with Gasteiger partial charge in [-0.15, -0.1) is 0 Å². The van der Waals surface area contributed by atoms with Crippen LogP contribution in [-0.2, 0) is 16.8 Å². The zero-order valence-electron chi connectivity index (χ0n) is 8.32. The Morgan fingerprint density at radius 1 is 1.25 bits per heavy atom. The number of aryl methyl sites for hydroxylation is 1. The van der Waals surface area contributed by atoms with E-state index < -0.39 is 10.4 Å². The van der Waals surface area contributed by atoms with E-state index in [1.165, 1.54) is 0 Å². The Hall–Kier alpha value is -1.65. The normalized spacial score (nSPS) is 10.4. The molecule has 0 saturated heterocycles. The molecule has 16 heavy (non-hydrogen) atoms. The third kappa shape index (κ3) is 5.95. The largest absolute Gasteiger partial charge is 0.503 e. The molecule has 92 valence electrons. The number of anilines is 2. The summed E-state index contributed by atoms with van der Waals surface area (Å²) < 4.78 is 31.6. The summed E-state index contributed by atoms with van der Waals surface area (Å²) >= 11 is 0. The van der Waals surface area contributed by atoms with E-state index in [1.807, 2.05) is 6.92 Å². The molecular weight excluding hydrogens is 240 g/mol. The van der Waals surface area contributed by atoms with Crippen LogP contribution in [0.1, 0.15) is 12.6 Å². The first-order valence-corrected chi connectivity index (χ1v) is 5.35. The van der Waals surface area contributed by atoms with Crippen molar-refractivity contribution in [1.29, 1.82) is 0 Å². The van der Waals surface area contributed by atoms with E-state index in [2.05, 4.69) is 9.97 Å². The maximum Gasteiger partial charge on any atom is 0.394 e. The van der Waals surface area contributed by atoms with Crippen LogP contribution in [0.5, 0.6) is 5.75 Å². The lowest BCUT2D eigenvalue weighted by Crippen LogP contribution is -2.03. The van der Waals surface area contributed by atoms with Gasteiger partial charge in [0, 0.05) is 0 Å². The number of hydrogen-bond donors (Lipinski definition) is 5. The molecule has 0 saturated carbocycles. The Bertz CT molecular complexity index is 452. The van der Waals surface area contributed by atoms with Gasteiger partial charge in [-0.1, -0.05) is 6.92 Å². The second kappa shape index (κ2) is 5.44. The monoisotopic (exact) mass is 252 g/mol. The van der Waals surface area contributed by atoms with E-state index in [0.717, 1.165) is 0 Å². The summed E-state index contributed by atoms with van der Waals surface area (Å²) in [5.41, 5.74) is 11.1. The average Bonchev–Trinajstić information content (AvgIpc) is 2.08. The topological polar surface area (TPSA) is 173 Å². The zero-order valence-corrected chi connectivity index (χ0v) is 9.14. The molecule has 0 aromatic carbocycles. The summed E-state index contributed by atoms with van der Waals surface area (Å²) in [4.78, 5) is 7.36. The van der Waals surface area contributed by atoms with Crippen molar-refractivity contribution in [3.63, 3.8) is 0 Å². The minimum atomic E-state index is -4.67. The quantitative estimate of drug-likeness (QED) is 0.403. The van der Waals surface area contributed by atoms with Gasteiger partial charge in [0.25, 0.3) is 0 Å². The van der Waals surface area contributed by atoms with Crippen LogP contribution in [0.3, 0.4) is 0 Å². The third-order valence-corrected chi connectivity index (χ3v) is 1.34. The summed E-state index contributed by atoms with van der Waals surface area (Å²) in [5, 5.41) is 9.22. The Morgan fingerprint density at radius 3 is 2.06 bits per heavy atom. The minimum Gasteiger partial charge on any atom is -0.503 e. The fourth-order valence-corrected chi connectivity index (χ4v) is 0.787. The molecule has 0 unspecified atom stereocenters. The van der Waals surface area contributed by atoms with Gasteiger partial charge in [-0.3, -0.25) is 9.11 Å². The molecule has 9 nitrogen and oxygen atoms in total. The van der Waals surface area contributed by atoms with Gasteiger partial charge in [0.1, 0.15) is 0 Å². The number of nitrogens with zero attached hydrogens (tertiary/aromatic N) is 2. The van der Waals surface area contributed by atoms with Crippen LogP contribution in [0.4, 0.5) is 11.8 Å². The van der Waals surface area contributed by atoms with Crippen molar-refractivity contribution in [1.82, 2.24) is 9.97 Å². The van der Waals surface area contributed by atoms with Gasteiger partial charge in [-0.05, 0) is 6.42 Å². The van der Waals surface area contributed by atoms with Crippen LogP contribution < -0.4 is 11.5 Å². The fourth-order valence-electron chi connectivity index (χ4n) is 0.787. The maximum absolute atomic E-state index is 9.22. The molecule has 0 fully saturated rings. The molecule has 0 aliphatic heterocycles. The average molecular weight is 252 g/mol. The molecule has 1 rings (SSSR count). The van der Waals surface area contributed by atoms with Crippen molar-refractivity contribution in [2.45, 2.75) is 13.3 Å². The molecule has 0 bridgehead atoms. The van der Waals surface area contributed by atoms with Gasteiger partial charge >= 0.3 is 10.4 Å². The second-order valence-corrected chi connectivity index (χ2v) is 3.46. The molecule has 1 aromatic heterocycles. The lowest BCUT2D eigenvalue weighted by molar-refractivity contribution is 0.381. The first-order valence-electron chi connectivity index (χ1n) is 3.95. The molecule has 10 heteroatoms. The van der Waals surface area contributed by atoms with Crippen LogP contribution >= 0.6 is 0 Å². The first-order chi connectivity index (χ1) is 7.15. The zero-order chi connectivity index (χ0) is 12.9. The number of aromatic nitrogens is 2. The lowest BCUT2D eigenvalue weighted by Gasteiger charge is -2.03. The molecule has 0 aliphatic rings. The van der Waals surface area contributed by atoms with Gasteiger partial charge in [0.05, 0.1) is 5.69 Å². The van der Waals surface area contributed by atoms with Gasteiger partial charge in [0.2, 0.25) is 5.95 Å². The Balaban J connectivity index is 0.000000385. The summed E-state index contributed by atoms with van der Waals surface area (Å²) in [6.07, 6.45) is 0.586.